The lowest BCUT2D eigenvalue weighted by atomic mass is 9.93. The summed E-state index contributed by atoms with van der Waals surface area (Å²) < 4.78 is 2.26. The van der Waals surface area contributed by atoms with E-state index in [9.17, 15) is 0 Å². The van der Waals surface area contributed by atoms with Gasteiger partial charge in [0.05, 0.1) is 17.4 Å². The maximum atomic E-state index is 4.51. The molecule has 0 aliphatic rings. The Bertz CT molecular complexity index is 552. The molecule has 0 unspecified atom stereocenters. The van der Waals surface area contributed by atoms with Crippen LogP contribution in [-0.4, -0.2) is 23.1 Å². The summed E-state index contributed by atoms with van der Waals surface area (Å²) in [6, 6.07) is 4.42. The van der Waals surface area contributed by atoms with E-state index in [2.05, 4.69) is 54.7 Å². The third-order valence-corrected chi connectivity index (χ3v) is 3.49. The molecule has 1 heterocycles. The van der Waals surface area contributed by atoms with Gasteiger partial charge in [0.25, 0.3) is 0 Å². The van der Waals surface area contributed by atoms with Gasteiger partial charge in [0.15, 0.2) is 0 Å². The first-order valence-corrected chi connectivity index (χ1v) is 6.50. The first-order chi connectivity index (χ1) is 8.43. The third kappa shape index (κ3) is 2.56. The van der Waals surface area contributed by atoms with Crippen molar-refractivity contribution < 1.29 is 0 Å². The van der Waals surface area contributed by atoms with Gasteiger partial charge in [-0.2, -0.15) is 0 Å². The van der Waals surface area contributed by atoms with Gasteiger partial charge in [-0.15, -0.1) is 0 Å². The molecule has 2 rings (SSSR count). The normalized spacial score (nSPS) is 12.3. The Balaban J connectivity index is 2.37. The molecule has 1 aromatic heterocycles. The van der Waals surface area contributed by atoms with E-state index in [0.717, 1.165) is 18.6 Å². The van der Waals surface area contributed by atoms with Crippen molar-refractivity contribution in [3.05, 3.63) is 29.6 Å². The average molecular weight is 245 g/mol. The van der Waals surface area contributed by atoms with Crippen LogP contribution >= 0.6 is 0 Å². The van der Waals surface area contributed by atoms with E-state index in [-0.39, 0.29) is 5.41 Å². The fourth-order valence-corrected chi connectivity index (χ4v) is 2.43. The maximum Gasteiger partial charge on any atom is 0.0958 e. The molecular weight excluding hydrogens is 222 g/mol. The van der Waals surface area contributed by atoms with Crippen molar-refractivity contribution >= 4 is 11.0 Å². The summed E-state index contributed by atoms with van der Waals surface area (Å²) in [7, 11) is 2.00. The largest absolute Gasteiger partial charge is 0.330 e. The predicted octanol–water partition coefficient (Wildman–Crippen LogP) is 2.90. The van der Waals surface area contributed by atoms with Crippen molar-refractivity contribution in [2.75, 3.05) is 13.6 Å². The van der Waals surface area contributed by atoms with Gasteiger partial charge in [-0.3, -0.25) is 0 Å². The van der Waals surface area contributed by atoms with Crippen LogP contribution in [0.25, 0.3) is 11.0 Å². The molecule has 3 nitrogen and oxygen atoms in total. The highest BCUT2D eigenvalue weighted by Crippen LogP contribution is 2.23. The zero-order valence-corrected chi connectivity index (χ0v) is 12.0. The van der Waals surface area contributed by atoms with Crippen molar-refractivity contribution in [2.45, 2.75) is 34.2 Å². The molecule has 0 aliphatic heterocycles. The Morgan fingerprint density at radius 1 is 1.22 bits per heavy atom. The van der Waals surface area contributed by atoms with E-state index >= 15 is 0 Å². The molecule has 0 bridgehead atoms. The summed E-state index contributed by atoms with van der Waals surface area (Å²) in [5, 5.41) is 3.26. The van der Waals surface area contributed by atoms with E-state index in [1.54, 1.807) is 0 Å². The molecule has 0 atom stereocenters. The molecule has 1 N–H and O–H groups in total. The number of hydrogen-bond donors (Lipinski definition) is 1. The smallest absolute Gasteiger partial charge is 0.0958 e. The molecule has 0 saturated heterocycles. The zero-order valence-electron chi connectivity index (χ0n) is 12.0. The highest BCUT2D eigenvalue weighted by molar-refractivity contribution is 5.77. The Kier molecular flexibility index (Phi) is 3.44. The van der Waals surface area contributed by atoms with Gasteiger partial charge in [-0.1, -0.05) is 13.8 Å². The molecule has 98 valence electrons. The lowest BCUT2D eigenvalue weighted by Gasteiger charge is -2.25. The molecular formula is C15H23N3. The molecule has 0 fully saturated rings. The van der Waals surface area contributed by atoms with Gasteiger partial charge in [-0.05, 0) is 49.6 Å². The van der Waals surface area contributed by atoms with Crippen LogP contribution in [0.5, 0.6) is 0 Å². The van der Waals surface area contributed by atoms with E-state index in [4.69, 9.17) is 0 Å². The molecule has 0 aliphatic carbocycles. The van der Waals surface area contributed by atoms with Crippen molar-refractivity contribution in [1.82, 2.24) is 14.9 Å². The number of aryl methyl sites for hydroxylation is 2. The molecule has 1 aromatic carbocycles. The second-order valence-electron chi connectivity index (χ2n) is 5.99. The van der Waals surface area contributed by atoms with Crippen molar-refractivity contribution in [2.24, 2.45) is 5.41 Å². The summed E-state index contributed by atoms with van der Waals surface area (Å²) in [6.45, 7) is 10.8. The van der Waals surface area contributed by atoms with Gasteiger partial charge >= 0.3 is 0 Å². The second kappa shape index (κ2) is 4.73. The fraction of sp³-hybridized carbons (Fsp3) is 0.533. The molecule has 0 radical (unpaired) electrons. The van der Waals surface area contributed by atoms with Crippen LogP contribution < -0.4 is 5.32 Å². The highest BCUT2D eigenvalue weighted by Gasteiger charge is 2.18. The van der Waals surface area contributed by atoms with E-state index in [1.165, 1.54) is 16.6 Å². The van der Waals surface area contributed by atoms with Crippen molar-refractivity contribution in [3.63, 3.8) is 0 Å². The third-order valence-electron chi connectivity index (χ3n) is 3.49. The standard InChI is InChI=1S/C15H23N3/c1-11-6-13-14(7-12(11)2)18(10-17-13)9-15(3,4)8-16-5/h6-7,10,16H,8-9H2,1-5H3. The summed E-state index contributed by atoms with van der Waals surface area (Å²) in [5.41, 5.74) is 5.19. The van der Waals surface area contributed by atoms with Gasteiger partial charge in [0.1, 0.15) is 0 Å². The van der Waals surface area contributed by atoms with Crippen LogP contribution in [0, 0.1) is 19.3 Å². The lowest BCUT2D eigenvalue weighted by molar-refractivity contribution is 0.301. The number of fused-ring (bicyclic) bond motifs is 1. The van der Waals surface area contributed by atoms with Gasteiger partial charge < -0.3 is 9.88 Å². The molecule has 18 heavy (non-hydrogen) atoms. The molecule has 3 heteroatoms. The molecule has 0 saturated carbocycles. The van der Waals surface area contributed by atoms with Crippen LogP contribution in [0.4, 0.5) is 0 Å². The number of nitrogens with zero attached hydrogens (tertiary/aromatic N) is 2. The quantitative estimate of drug-likeness (QED) is 0.897. The molecule has 2 aromatic rings. The average Bonchev–Trinajstić information content (AvgIpc) is 2.61. The lowest BCUT2D eigenvalue weighted by Crippen LogP contribution is -2.30. The van der Waals surface area contributed by atoms with Crippen molar-refractivity contribution in [3.8, 4) is 0 Å². The zero-order chi connectivity index (χ0) is 13.3. The SMILES string of the molecule is CNCC(C)(C)Cn1cnc2cc(C)c(C)cc21. The maximum absolute atomic E-state index is 4.51. The highest BCUT2D eigenvalue weighted by atomic mass is 15.1. The monoisotopic (exact) mass is 245 g/mol. The van der Waals surface area contributed by atoms with E-state index in [0.29, 0.717) is 0 Å². The van der Waals surface area contributed by atoms with Crippen molar-refractivity contribution in [1.29, 1.82) is 0 Å². The number of aromatic nitrogens is 2. The first kappa shape index (κ1) is 13.1. The van der Waals surface area contributed by atoms with Crippen LogP contribution in [0.2, 0.25) is 0 Å². The minimum Gasteiger partial charge on any atom is -0.330 e. The molecule has 0 amide bonds. The summed E-state index contributed by atoms with van der Waals surface area (Å²) >= 11 is 0. The number of hydrogen-bond acceptors (Lipinski definition) is 2. The minimum absolute atomic E-state index is 0.223. The van der Waals surface area contributed by atoms with E-state index in [1.807, 2.05) is 13.4 Å². The van der Waals surface area contributed by atoms with Gasteiger partial charge in [0, 0.05) is 13.1 Å². The summed E-state index contributed by atoms with van der Waals surface area (Å²) in [4.78, 5) is 4.51. The second-order valence-corrected chi connectivity index (χ2v) is 5.99. The first-order valence-electron chi connectivity index (χ1n) is 6.50. The number of benzene rings is 1. The number of nitrogens with one attached hydrogen (secondary N) is 1. The summed E-state index contributed by atoms with van der Waals surface area (Å²) in [5.74, 6) is 0. The van der Waals surface area contributed by atoms with Gasteiger partial charge in [0.2, 0.25) is 0 Å². The minimum atomic E-state index is 0.223. The summed E-state index contributed by atoms with van der Waals surface area (Å²) in [6.07, 6.45) is 1.96. The van der Waals surface area contributed by atoms with E-state index < -0.39 is 0 Å². The Labute approximate surface area is 109 Å². The predicted molar refractivity (Wildman–Crippen MR) is 76.9 cm³/mol. The van der Waals surface area contributed by atoms with Crippen LogP contribution in [0.1, 0.15) is 25.0 Å². The Hall–Kier alpha value is -1.35. The van der Waals surface area contributed by atoms with Crippen LogP contribution in [0.15, 0.2) is 18.5 Å². The number of imidazole rings is 1. The topological polar surface area (TPSA) is 29.9 Å². The van der Waals surface area contributed by atoms with Crippen LogP contribution in [-0.2, 0) is 6.54 Å². The molecule has 0 spiro atoms. The fourth-order valence-electron chi connectivity index (χ4n) is 2.43. The Morgan fingerprint density at radius 3 is 2.56 bits per heavy atom. The van der Waals surface area contributed by atoms with Crippen LogP contribution in [0.3, 0.4) is 0 Å². The number of rotatable bonds is 4. The Morgan fingerprint density at radius 2 is 1.89 bits per heavy atom. The van der Waals surface area contributed by atoms with Gasteiger partial charge in [-0.25, -0.2) is 4.98 Å².